The van der Waals surface area contributed by atoms with Crippen molar-refractivity contribution in [1.82, 2.24) is 0 Å². The minimum absolute atomic E-state index is 0.00899. The van der Waals surface area contributed by atoms with Crippen LogP contribution in [-0.4, -0.2) is 56.0 Å². The molecule has 0 saturated heterocycles. The summed E-state index contributed by atoms with van der Waals surface area (Å²) in [4.78, 5) is 0. The van der Waals surface area contributed by atoms with Crippen molar-refractivity contribution in [3.63, 3.8) is 0 Å². The first-order valence-electron chi connectivity index (χ1n) is 9.32. The van der Waals surface area contributed by atoms with Gasteiger partial charge in [-0.2, -0.15) is 0 Å². The van der Waals surface area contributed by atoms with Gasteiger partial charge in [-0.25, -0.2) is 0 Å². The Labute approximate surface area is 148 Å². The molecule has 0 heterocycles. The van der Waals surface area contributed by atoms with Gasteiger partial charge in [0.1, 0.15) is 0 Å². The van der Waals surface area contributed by atoms with E-state index in [9.17, 15) is 0 Å². The smallest absolute Gasteiger partial charge is 0.155 e. The highest BCUT2D eigenvalue weighted by Gasteiger charge is 2.15. The van der Waals surface area contributed by atoms with Gasteiger partial charge in [-0.1, -0.05) is 5.67 Å². The maximum Gasteiger partial charge on any atom is 0.155 e. The van der Waals surface area contributed by atoms with E-state index >= 15 is 0 Å². The molecule has 0 aromatic carbocycles. The van der Waals surface area contributed by atoms with Crippen molar-refractivity contribution in [2.75, 3.05) is 0 Å². The van der Waals surface area contributed by atoms with Gasteiger partial charge in [0.2, 0.25) is 0 Å². The average Bonchev–Trinajstić information content (AvgIpc) is 2.34. The zero-order valence-electron chi connectivity index (χ0n) is 16.6. The van der Waals surface area contributed by atoms with Gasteiger partial charge in [0.25, 0.3) is 0 Å². The topological polar surface area (TPSA) is 36.9 Å². The lowest BCUT2D eigenvalue weighted by Gasteiger charge is -2.24. The van der Waals surface area contributed by atoms with Gasteiger partial charge >= 0.3 is 0 Å². The van der Waals surface area contributed by atoms with E-state index in [0.29, 0.717) is 0 Å². The zero-order valence-corrected chi connectivity index (χ0v) is 19.5. The molecule has 0 aliphatic carbocycles. The Hall–Kier alpha value is 0.274. The van der Waals surface area contributed by atoms with E-state index in [1.165, 1.54) is 5.67 Å². The van der Waals surface area contributed by atoms with Crippen molar-refractivity contribution < 1.29 is 18.9 Å². The molecule has 0 bridgehead atoms. The lowest BCUT2D eigenvalue weighted by Crippen LogP contribution is -2.27. The van der Waals surface area contributed by atoms with Crippen LogP contribution >= 0.6 is 0 Å². The maximum atomic E-state index is 5.87. The third-order valence-corrected chi connectivity index (χ3v) is 8.83. The first-order chi connectivity index (χ1) is 10.7. The van der Waals surface area contributed by atoms with Crippen LogP contribution in [0.15, 0.2) is 0 Å². The quantitative estimate of drug-likeness (QED) is 0.270. The number of hydrogen-bond acceptors (Lipinski definition) is 4. The summed E-state index contributed by atoms with van der Waals surface area (Å²) in [5.74, 6) is 0. The van der Waals surface area contributed by atoms with Crippen LogP contribution < -0.4 is 0 Å². The van der Waals surface area contributed by atoms with E-state index in [1.54, 1.807) is 0 Å². The molecular formula is C17H40O4Si2. The predicted molar refractivity (Wildman–Crippen MR) is 104 cm³/mol. The first kappa shape index (κ1) is 23.3. The molecule has 0 aromatic heterocycles. The van der Waals surface area contributed by atoms with E-state index in [1.807, 2.05) is 0 Å². The fourth-order valence-corrected chi connectivity index (χ4v) is 7.28. The van der Waals surface area contributed by atoms with Crippen LogP contribution in [0.3, 0.4) is 0 Å². The normalized spacial score (nSPS) is 13.8. The maximum absolute atomic E-state index is 5.87. The highest BCUT2D eigenvalue weighted by molar-refractivity contribution is 6.55. The molecule has 0 spiro atoms. The third kappa shape index (κ3) is 15.5. The molecule has 0 unspecified atom stereocenters. The lowest BCUT2D eigenvalue weighted by atomic mass is 10.4. The molecule has 0 radical (unpaired) electrons. The molecule has 0 atom stereocenters. The molecule has 0 N–H and O–H groups in total. The largest absolute Gasteiger partial charge is 0.350 e. The first-order valence-corrected chi connectivity index (χ1v) is 13.3. The molecule has 23 heavy (non-hydrogen) atoms. The van der Waals surface area contributed by atoms with E-state index < -0.39 is 0 Å². The fourth-order valence-electron chi connectivity index (χ4n) is 2.35. The third-order valence-electron chi connectivity index (χ3n) is 3.08. The molecule has 0 aliphatic heterocycles. The van der Waals surface area contributed by atoms with Crippen molar-refractivity contribution in [3.05, 3.63) is 0 Å². The van der Waals surface area contributed by atoms with E-state index in [-0.39, 0.29) is 56.0 Å². The molecule has 0 rings (SSSR count). The molecule has 0 saturated carbocycles. The second-order valence-corrected chi connectivity index (χ2v) is 12.6. The molecule has 0 fully saturated rings. The summed E-state index contributed by atoms with van der Waals surface area (Å²) in [6.07, 6.45) is 0.901. The lowest BCUT2D eigenvalue weighted by molar-refractivity contribution is -0.169. The minimum Gasteiger partial charge on any atom is -0.350 e. The van der Waals surface area contributed by atoms with Crippen LogP contribution in [0.1, 0.15) is 55.4 Å². The Morgan fingerprint density at radius 3 is 1.00 bits per heavy atom. The Balaban J connectivity index is 4.00. The Morgan fingerprint density at radius 2 is 0.783 bits per heavy atom. The van der Waals surface area contributed by atoms with Gasteiger partial charge in [0, 0.05) is 19.0 Å². The van der Waals surface area contributed by atoms with Gasteiger partial charge in [-0.3, -0.25) is 0 Å². The van der Waals surface area contributed by atoms with Crippen LogP contribution in [0.25, 0.3) is 0 Å². The minimum atomic E-state index is -0.118. The van der Waals surface area contributed by atoms with Crippen LogP contribution in [-0.2, 0) is 18.9 Å². The van der Waals surface area contributed by atoms with Gasteiger partial charge < -0.3 is 18.9 Å². The van der Waals surface area contributed by atoms with Crippen molar-refractivity contribution in [2.24, 2.45) is 0 Å². The van der Waals surface area contributed by atoms with Gasteiger partial charge in [0.15, 0.2) is 12.6 Å². The standard InChI is InChI=1S/C17H40O4Si2/c1-12(2)18-16(19-13(3)4)9-22-11-23-10-17(20-14(5)6)21-15(7)8/h12-17H,9-11,22-23H2,1-8H3. The van der Waals surface area contributed by atoms with Crippen molar-refractivity contribution >= 4 is 19.0 Å². The summed E-state index contributed by atoms with van der Waals surface area (Å²) in [6, 6.07) is 2.23. The molecule has 0 aromatic rings. The summed E-state index contributed by atoms with van der Waals surface area (Å²) >= 11 is 0. The molecule has 140 valence electrons. The highest BCUT2D eigenvalue weighted by atomic mass is 28.3. The van der Waals surface area contributed by atoms with E-state index in [2.05, 4.69) is 55.4 Å². The second-order valence-electron chi connectivity index (χ2n) is 7.24. The Kier molecular flexibility index (Phi) is 13.7. The summed E-state index contributed by atoms with van der Waals surface area (Å²) < 4.78 is 23.5. The van der Waals surface area contributed by atoms with Gasteiger partial charge in [-0.05, 0) is 67.5 Å². The van der Waals surface area contributed by atoms with Gasteiger partial charge in [-0.15, -0.1) is 0 Å². The highest BCUT2D eigenvalue weighted by Crippen LogP contribution is 2.11. The van der Waals surface area contributed by atoms with Crippen LogP contribution in [0, 0.1) is 0 Å². The number of hydrogen-bond donors (Lipinski definition) is 0. The SMILES string of the molecule is CC(C)OC(C[SiH2]C[SiH2]CC(OC(C)C)OC(C)C)OC(C)C. The van der Waals surface area contributed by atoms with E-state index in [0.717, 1.165) is 12.1 Å². The zero-order chi connectivity index (χ0) is 17.8. The summed E-state index contributed by atoms with van der Waals surface area (Å²) in [6.45, 7) is 16.6. The monoisotopic (exact) mass is 364 g/mol. The van der Waals surface area contributed by atoms with Crippen LogP contribution in [0.2, 0.25) is 17.8 Å². The molecule has 0 amide bonds. The van der Waals surface area contributed by atoms with Crippen LogP contribution in [0.5, 0.6) is 0 Å². The van der Waals surface area contributed by atoms with Crippen LogP contribution in [0.4, 0.5) is 0 Å². The Bertz CT molecular complexity index is 227. The number of rotatable bonds is 14. The van der Waals surface area contributed by atoms with Crippen molar-refractivity contribution in [2.45, 2.75) is 110 Å². The summed E-state index contributed by atoms with van der Waals surface area (Å²) in [5, 5.41) is 0. The predicted octanol–water partition coefficient (Wildman–Crippen LogP) is 2.89. The summed E-state index contributed by atoms with van der Waals surface area (Å²) in [7, 11) is -0.237. The molecular weight excluding hydrogens is 324 g/mol. The number of ether oxygens (including phenoxy) is 4. The van der Waals surface area contributed by atoms with E-state index in [4.69, 9.17) is 18.9 Å². The molecule has 4 nitrogen and oxygen atoms in total. The Morgan fingerprint density at radius 1 is 0.522 bits per heavy atom. The van der Waals surface area contributed by atoms with Crippen molar-refractivity contribution in [3.8, 4) is 0 Å². The molecule has 6 heteroatoms. The summed E-state index contributed by atoms with van der Waals surface area (Å²) in [5.41, 5.74) is 1.42. The van der Waals surface area contributed by atoms with Gasteiger partial charge in [0.05, 0.1) is 24.4 Å². The molecule has 0 aliphatic rings. The average molecular weight is 365 g/mol. The fraction of sp³-hybridized carbons (Fsp3) is 1.00. The second kappa shape index (κ2) is 13.6. The van der Waals surface area contributed by atoms with Crippen molar-refractivity contribution in [1.29, 1.82) is 0 Å².